The van der Waals surface area contributed by atoms with E-state index >= 15 is 0 Å². The number of nitrogens with zero attached hydrogens (tertiary/aromatic N) is 6. The molecule has 1 aliphatic heterocycles. The Hall–Kier alpha value is -2.56. The van der Waals surface area contributed by atoms with E-state index in [1.165, 1.54) is 0 Å². The van der Waals surface area contributed by atoms with Gasteiger partial charge in [-0.2, -0.15) is 18.9 Å². The van der Waals surface area contributed by atoms with Gasteiger partial charge in [0, 0.05) is 24.2 Å². The zero-order valence-electron chi connectivity index (χ0n) is 15.0. The second-order valence-electron chi connectivity index (χ2n) is 6.61. The molecule has 0 aromatic carbocycles. The van der Waals surface area contributed by atoms with Gasteiger partial charge in [0.25, 0.3) is 0 Å². The highest BCUT2D eigenvalue weighted by molar-refractivity contribution is 7.89. The largest absolute Gasteiger partial charge is 0.593 e. The maximum absolute atomic E-state index is 12.3. The van der Waals surface area contributed by atoms with Crippen LogP contribution in [0.15, 0.2) is 30.7 Å². The number of H-pyrrole nitrogens is 1. The van der Waals surface area contributed by atoms with Gasteiger partial charge in [-0.05, 0) is 13.0 Å². The number of aromatic amines is 1. The summed E-state index contributed by atoms with van der Waals surface area (Å²) in [6.07, 6.45) is 7.02. The first-order valence-corrected chi connectivity index (χ1v) is 10.2. The minimum Gasteiger partial charge on any atom is -0.593 e. The summed E-state index contributed by atoms with van der Waals surface area (Å²) in [6.45, 7) is 4.19. The molecule has 0 aliphatic carbocycles. The molecule has 0 radical (unpaired) electrons. The molecule has 4 aromatic rings. The van der Waals surface area contributed by atoms with Gasteiger partial charge in [-0.1, -0.05) is 0 Å². The zero-order chi connectivity index (χ0) is 18.5. The van der Waals surface area contributed by atoms with E-state index in [9.17, 15) is 4.55 Å². The molecule has 140 valence electrons. The van der Waals surface area contributed by atoms with Crippen molar-refractivity contribution in [2.24, 2.45) is 0 Å². The van der Waals surface area contributed by atoms with E-state index in [2.05, 4.69) is 27.1 Å². The van der Waals surface area contributed by atoms with Crippen LogP contribution >= 0.6 is 0 Å². The number of fused-ring (bicyclic) bond motifs is 3. The van der Waals surface area contributed by atoms with Crippen molar-refractivity contribution in [2.45, 2.75) is 13.0 Å². The van der Waals surface area contributed by atoms with Crippen molar-refractivity contribution in [1.29, 1.82) is 0 Å². The zero-order valence-corrected chi connectivity index (χ0v) is 15.8. The van der Waals surface area contributed by atoms with Crippen LogP contribution in [-0.2, 0) is 16.1 Å². The first-order chi connectivity index (χ1) is 13.1. The Morgan fingerprint density at radius 1 is 1.33 bits per heavy atom. The highest BCUT2D eigenvalue weighted by Crippen LogP contribution is 2.34. The number of nitrogens with one attached hydrogen (secondary N) is 1. The first kappa shape index (κ1) is 16.6. The van der Waals surface area contributed by atoms with E-state index in [-0.39, 0.29) is 6.04 Å². The molecule has 2 atom stereocenters. The summed E-state index contributed by atoms with van der Waals surface area (Å²) in [4.78, 5) is 7.22. The molecular formula is C17H19N7O2S. The molecule has 4 aromatic heterocycles. The molecule has 0 saturated carbocycles. The van der Waals surface area contributed by atoms with Crippen LogP contribution < -0.4 is 4.90 Å². The molecule has 5 rings (SSSR count). The Bertz CT molecular complexity index is 1100. The van der Waals surface area contributed by atoms with Crippen molar-refractivity contribution in [3.8, 4) is 5.82 Å². The van der Waals surface area contributed by atoms with E-state index in [1.54, 1.807) is 27.3 Å². The summed E-state index contributed by atoms with van der Waals surface area (Å²) in [5.74, 6) is 1.52. The molecule has 27 heavy (non-hydrogen) atoms. The lowest BCUT2D eigenvalue weighted by molar-refractivity contribution is 0.0987. The molecule has 5 heterocycles. The molecular weight excluding hydrogens is 366 g/mol. The van der Waals surface area contributed by atoms with Gasteiger partial charge in [0.15, 0.2) is 11.5 Å². The van der Waals surface area contributed by atoms with Crippen LogP contribution in [0.4, 0.5) is 5.82 Å². The van der Waals surface area contributed by atoms with Crippen molar-refractivity contribution in [1.82, 2.24) is 28.9 Å². The Kier molecular flexibility index (Phi) is 3.85. The number of pyridine rings is 1. The summed E-state index contributed by atoms with van der Waals surface area (Å²) in [6, 6.07) is 4.02. The summed E-state index contributed by atoms with van der Waals surface area (Å²) in [5, 5.41) is 13.3. The fraction of sp³-hybridized carbons (Fsp3) is 0.353. The molecule has 9 nitrogen and oxygen atoms in total. The fourth-order valence-electron chi connectivity index (χ4n) is 3.65. The Morgan fingerprint density at radius 3 is 2.96 bits per heavy atom. The number of anilines is 1. The van der Waals surface area contributed by atoms with Crippen molar-refractivity contribution >= 4 is 39.1 Å². The lowest BCUT2D eigenvalue weighted by Gasteiger charge is -2.34. The molecule has 1 N–H and O–H groups in total. The molecule has 2 unspecified atom stereocenters. The quantitative estimate of drug-likeness (QED) is 0.536. The number of hydrogen-bond donors (Lipinski definition) is 1. The van der Waals surface area contributed by atoms with Crippen LogP contribution in [0.2, 0.25) is 0 Å². The van der Waals surface area contributed by atoms with Crippen molar-refractivity contribution in [3.05, 3.63) is 30.7 Å². The van der Waals surface area contributed by atoms with E-state index in [1.807, 2.05) is 18.3 Å². The van der Waals surface area contributed by atoms with Crippen LogP contribution in [-0.4, -0.2) is 65.5 Å². The molecule has 1 saturated heterocycles. The van der Waals surface area contributed by atoms with E-state index < -0.39 is 11.4 Å². The smallest absolute Gasteiger partial charge is 0.177 e. The van der Waals surface area contributed by atoms with Crippen LogP contribution in [0.1, 0.15) is 6.92 Å². The highest BCUT2D eigenvalue weighted by atomic mass is 32.2. The molecule has 10 heteroatoms. The Morgan fingerprint density at radius 2 is 2.22 bits per heavy atom. The minimum absolute atomic E-state index is 0.198. The maximum Gasteiger partial charge on any atom is 0.177 e. The first-order valence-electron chi connectivity index (χ1n) is 8.72. The van der Waals surface area contributed by atoms with Crippen molar-refractivity contribution in [3.63, 3.8) is 0 Å². The van der Waals surface area contributed by atoms with Gasteiger partial charge in [0.05, 0.1) is 48.4 Å². The van der Waals surface area contributed by atoms with Crippen LogP contribution in [0.5, 0.6) is 0 Å². The topological polar surface area (TPSA) is 99.8 Å². The number of hydrogen-bond acceptors (Lipinski definition) is 6. The summed E-state index contributed by atoms with van der Waals surface area (Å²) >= 11 is -1.19. The summed E-state index contributed by atoms with van der Waals surface area (Å²) in [5.41, 5.74) is 1.56. The van der Waals surface area contributed by atoms with Crippen molar-refractivity contribution in [2.75, 3.05) is 30.9 Å². The van der Waals surface area contributed by atoms with E-state index in [0.29, 0.717) is 24.7 Å². The molecule has 0 spiro atoms. The number of ether oxygens (including phenoxy) is 1. The van der Waals surface area contributed by atoms with Gasteiger partial charge in [-0.15, -0.1) is 0 Å². The maximum atomic E-state index is 12.3. The summed E-state index contributed by atoms with van der Waals surface area (Å²) in [7, 11) is 0. The third-order valence-corrected chi connectivity index (χ3v) is 5.78. The second kappa shape index (κ2) is 6.25. The summed E-state index contributed by atoms with van der Waals surface area (Å²) < 4.78 is 21.4. The van der Waals surface area contributed by atoms with Crippen LogP contribution in [0.25, 0.3) is 27.8 Å². The van der Waals surface area contributed by atoms with Gasteiger partial charge in [0.1, 0.15) is 17.6 Å². The Balaban J connectivity index is 1.83. The monoisotopic (exact) mass is 385 g/mol. The molecule has 1 fully saturated rings. The van der Waals surface area contributed by atoms with Gasteiger partial charge in [-0.3, -0.25) is 5.10 Å². The minimum atomic E-state index is -1.19. The Labute approximate surface area is 158 Å². The van der Waals surface area contributed by atoms with E-state index in [4.69, 9.17) is 9.72 Å². The number of rotatable bonds is 3. The third-order valence-electron chi connectivity index (χ3n) is 4.92. The second-order valence-corrected chi connectivity index (χ2v) is 7.85. The average Bonchev–Trinajstić information content (AvgIpc) is 3.39. The highest BCUT2D eigenvalue weighted by Gasteiger charge is 2.27. The third kappa shape index (κ3) is 2.52. The molecule has 0 amide bonds. The number of aromatic nitrogens is 6. The van der Waals surface area contributed by atoms with E-state index in [0.717, 1.165) is 28.7 Å². The van der Waals surface area contributed by atoms with Gasteiger partial charge in [0.2, 0.25) is 0 Å². The lowest BCUT2D eigenvalue weighted by atomic mass is 10.2. The van der Waals surface area contributed by atoms with Crippen molar-refractivity contribution < 1.29 is 9.29 Å². The SMILES string of the molecule is CC1COCCN1c1nc2c(cnn2-c2cc[nH]n2)c2c1ccn2[S+](C)[O-]. The van der Waals surface area contributed by atoms with Gasteiger partial charge in [-0.25, -0.2) is 4.98 Å². The standard InChI is InChI=1S/C17H19N7O2S/c1-11-10-26-8-7-22(11)16-12-4-6-23(27(2)25)15(12)13-9-19-24(17(13)20-16)14-3-5-18-21-14/h3-6,9,11H,7-8,10H2,1-2H3,(H,18,21). The predicted octanol–water partition coefficient (Wildman–Crippen LogP) is 1.46. The normalized spacial score (nSPS) is 19.2. The fourth-order valence-corrected chi connectivity index (χ4v) is 4.33. The van der Waals surface area contributed by atoms with Crippen LogP contribution in [0, 0.1) is 0 Å². The van der Waals surface area contributed by atoms with Crippen LogP contribution in [0.3, 0.4) is 0 Å². The lowest BCUT2D eigenvalue weighted by Crippen LogP contribution is -2.44. The van der Waals surface area contributed by atoms with Gasteiger partial charge < -0.3 is 14.2 Å². The predicted molar refractivity (Wildman–Crippen MR) is 104 cm³/mol. The average molecular weight is 385 g/mol. The van der Waals surface area contributed by atoms with Gasteiger partial charge >= 0.3 is 0 Å². The molecule has 1 aliphatic rings. The number of morpholine rings is 1. The molecule has 0 bridgehead atoms.